The molecule has 1 aromatic carbocycles. The first-order valence-electron chi connectivity index (χ1n) is 4.77. The molecular weight excluding hydrogens is 176 g/mol. The summed E-state index contributed by atoms with van der Waals surface area (Å²) < 4.78 is 0. The third kappa shape index (κ3) is 1.63. The molecule has 0 aromatic heterocycles. The predicted molar refractivity (Wildman–Crippen MR) is 53.5 cm³/mol. The van der Waals surface area contributed by atoms with Gasteiger partial charge in [-0.15, -0.1) is 0 Å². The number of hydrogen-bond acceptors (Lipinski definition) is 2. The number of benzene rings is 1. The van der Waals surface area contributed by atoms with Crippen LogP contribution >= 0.6 is 0 Å². The SMILES string of the molecule is NCC(=O)N1CCc2cc[c]cc2C1. The fourth-order valence-electron chi connectivity index (χ4n) is 1.77. The Morgan fingerprint density at radius 1 is 1.57 bits per heavy atom. The number of fused-ring (bicyclic) bond motifs is 1. The van der Waals surface area contributed by atoms with Crippen molar-refractivity contribution in [2.24, 2.45) is 5.73 Å². The van der Waals surface area contributed by atoms with E-state index in [0.717, 1.165) is 13.0 Å². The van der Waals surface area contributed by atoms with Gasteiger partial charge in [0, 0.05) is 13.1 Å². The van der Waals surface area contributed by atoms with Crippen LogP contribution in [0.3, 0.4) is 0 Å². The highest BCUT2D eigenvalue weighted by atomic mass is 16.2. The lowest BCUT2D eigenvalue weighted by atomic mass is 10.00. The molecule has 1 aromatic rings. The second-order valence-corrected chi connectivity index (χ2v) is 3.46. The van der Waals surface area contributed by atoms with Crippen molar-refractivity contribution in [3.8, 4) is 0 Å². The minimum atomic E-state index is 0.0273. The Hall–Kier alpha value is -1.35. The Morgan fingerprint density at radius 3 is 3.21 bits per heavy atom. The third-order valence-electron chi connectivity index (χ3n) is 2.59. The van der Waals surface area contributed by atoms with Crippen molar-refractivity contribution < 1.29 is 4.79 Å². The number of nitrogens with zero attached hydrogens (tertiary/aromatic N) is 1. The molecule has 1 aliphatic heterocycles. The summed E-state index contributed by atoms with van der Waals surface area (Å²) in [5, 5.41) is 0. The minimum Gasteiger partial charge on any atom is -0.337 e. The van der Waals surface area contributed by atoms with Crippen LogP contribution in [0.25, 0.3) is 0 Å². The monoisotopic (exact) mass is 189 g/mol. The summed E-state index contributed by atoms with van der Waals surface area (Å²) in [5.74, 6) is 0.0273. The van der Waals surface area contributed by atoms with Crippen LogP contribution in [-0.4, -0.2) is 23.9 Å². The van der Waals surface area contributed by atoms with Crippen LogP contribution in [0.5, 0.6) is 0 Å². The zero-order chi connectivity index (χ0) is 9.97. The van der Waals surface area contributed by atoms with Gasteiger partial charge in [-0.25, -0.2) is 0 Å². The van der Waals surface area contributed by atoms with Crippen LogP contribution in [0.4, 0.5) is 0 Å². The molecule has 0 fully saturated rings. The molecule has 0 aliphatic carbocycles. The maximum Gasteiger partial charge on any atom is 0.236 e. The molecule has 3 nitrogen and oxygen atoms in total. The van der Waals surface area contributed by atoms with Gasteiger partial charge in [0.15, 0.2) is 0 Å². The zero-order valence-corrected chi connectivity index (χ0v) is 7.99. The number of nitrogens with two attached hydrogens (primary N) is 1. The Morgan fingerprint density at radius 2 is 2.43 bits per heavy atom. The molecule has 1 radical (unpaired) electrons. The van der Waals surface area contributed by atoms with Gasteiger partial charge in [0.25, 0.3) is 0 Å². The standard InChI is InChI=1S/C11H13N2O/c12-7-11(14)13-6-5-9-3-1-2-4-10(9)8-13/h1,3-4H,5-8,12H2. The summed E-state index contributed by atoms with van der Waals surface area (Å²) >= 11 is 0. The fourth-order valence-corrected chi connectivity index (χ4v) is 1.77. The molecule has 1 aliphatic rings. The van der Waals surface area contributed by atoms with Crippen molar-refractivity contribution in [3.05, 3.63) is 35.4 Å². The molecule has 2 rings (SSSR count). The lowest BCUT2D eigenvalue weighted by Crippen LogP contribution is -2.39. The average Bonchev–Trinajstić information content (AvgIpc) is 2.27. The van der Waals surface area contributed by atoms with Gasteiger partial charge in [-0.05, 0) is 29.7 Å². The summed E-state index contributed by atoms with van der Waals surface area (Å²) in [4.78, 5) is 13.2. The fraction of sp³-hybridized carbons (Fsp3) is 0.364. The van der Waals surface area contributed by atoms with Gasteiger partial charge in [-0.2, -0.15) is 0 Å². The van der Waals surface area contributed by atoms with E-state index in [-0.39, 0.29) is 12.5 Å². The topological polar surface area (TPSA) is 46.3 Å². The number of hydrogen-bond donors (Lipinski definition) is 1. The summed E-state index contributed by atoms with van der Waals surface area (Å²) in [7, 11) is 0. The van der Waals surface area contributed by atoms with E-state index in [9.17, 15) is 4.79 Å². The number of rotatable bonds is 1. The Bertz CT molecular complexity index is 349. The second kappa shape index (κ2) is 3.80. The van der Waals surface area contributed by atoms with E-state index in [2.05, 4.69) is 12.1 Å². The first kappa shape index (κ1) is 9.21. The molecule has 2 N–H and O–H groups in total. The van der Waals surface area contributed by atoms with Gasteiger partial charge in [0.2, 0.25) is 5.91 Å². The average molecular weight is 189 g/mol. The van der Waals surface area contributed by atoms with E-state index in [4.69, 9.17) is 5.73 Å². The summed E-state index contributed by atoms with van der Waals surface area (Å²) in [6.07, 6.45) is 0.926. The molecular formula is C11H13N2O. The largest absolute Gasteiger partial charge is 0.337 e. The second-order valence-electron chi connectivity index (χ2n) is 3.46. The summed E-state index contributed by atoms with van der Waals surface area (Å²) in [6, 6.07) is 8.96. The van der Waals surface area contributed by atoms with E-state index in [0.29, 0.717) is 6.54 Å². The van der Waals surface area contributed by atoms with Crippen molar-refractivity contribution in [2.45, 2.75) is 13.0 Å². The lowest BCUT2D eigenvalue weighted by Gasteiger charge is -2.28. The van der Waals surface area contributed by atoms with Gasteiger partial charge < -0.3 is 10.6 Å². The normalized spacial score (nSPS) is 15.1. The van der Waals surface area contributed by atoms with E-state index in [1.165, 1.54) is 11.1 Å². The number of carbonyl (C=O) groups is 1. The van der Waals surface area contributed by atoms with Crippen molar-refractivity contribution in [1.29, 1.82) is 0 Å². The first-order chi connectivity index (χ1) is 6.81. The van der Waals surface area contributed by atoms with Crippen molar-refractivity contribution >= 4 is 5.91 Å². The minimum absolute atomic E-state index is 0.0273. The summed E-state index contributed by atoms with van der Waals surface area (Å²) in [6.45, 7) is 1.57. The molecule has 0 bridgehead atoms. The van der Waals surface area contributed by atoms with E-state index >= 15 is 0 Å². The predicted octanol–water partition coefficient (Wildman–Crippen LogP) is 0.330. The Kier molecular flexibility index (Phi) is 2.50. The third-order valence-corrected chi connectivity index (χ3v) is 2.59. The highest BCUT2D eigenvalue weighted by Crippen LogP contribution is 2.17. The van der Waals surface area contributed by atoms with Crippen LogP contribution in [0.2, 0.25) is 0 Å². The van der Waals surface area contributed by atoms with Crippen molar-refractivity contribution in [3.63, 3.8) is 0 Å². The van der Waals surface area contributed by atoms with Crippen LogP contribution in [0.15, 0.2) is 18.2 Å². The van der Waals surface area contributed by atoms with E-state index in [1.807, 2.05) is 12.1 Å². The Labute approximate surface area is 83.5 Å². The quantitative estimate of drug-likeness (QED) is 0.692. The van der Waals surface area contributed by atoms with Crippen LogP contribution in [-0.2, 0) is 17.8 Å². The lowest BCUT2D eigenvalue weighted by molar-refractivity contribution is -0.130. The van der Waals surface area contributed by atoms with Gasteiger partial charge in [-0.1, -0.05) is 12.1 Å². The zero-order valence-electron chi connectivity index (χ0n) is 7.99. The Balaban J connectivity index is 2.17. The molecule has 3 heteroatoms. The number of amides is 1. The molecule has 0 atom stereocenters. The summed E-state index contributed by atoms with van der Waals surface area (Å²) in [5.41, 5.74) is 7.84. The highest BCUT2D eigenvalue weighted by Gasteiger charge is 2.18. The molecule has 0 saturated carbocycles. The molecule has 14 heavy (non-hydrogen) atoms. The molecule has 1 heterocycles. The van der Waals surface area contributed by atoms with Crippen LogP contribution in [0.1, 0.15) is 11.1 Å². The van der Waals surface area contributed by atoms with Crippen molar-refractivity contribution in [1.82, 2.24) is 4.90 Å². The smallest absolute Gasteiger partial charge is 0.236 e. The van der Waals surface area contributed by atoms with Crippen LogP contribution in [0, 0.1) is 6.07 Å². The van der Waals surface area contributed by atoms with E-state index in [1.54, 1.807) is 4.90 Å². The molecule has 73 valence electrons. The molecule has 0 spiro atoms. The van der Waals surface area contributed by atoms with E-state index < -0.39 is 0 Å². The van der Waals surface area contributed by atoms with Gasteiger partial charge in [0.1, 0.15) is 0 Å². The first-order valence-corrected chi connectivity index (χ1v) is 4.77. The molecule has 0 saturated heterocycles. The maximum absolute atomic E-state index is 11.4. The maximum atomic E-state index is 11.4. The van der Waals surface area contributed by atoms with Crippen molar-refractivity contribution in [2.75, 3.05) is 13.1 Å². The van der Waals surface area contributed by atoms with Crippen LogP contribution < -0.4 is 5.73 Å². The molecule has 0 unspecified atom stereocenters. The molecule has 1 amide bonds. The van der Waals surface area contributed by atoms with Gasteiger partial charge in [-0.3, -0.25) is 4.79 Å². The van der Waals surface area contributed by atoms with Gasteiger partial charge >= 0.3 is 0 Å². The highest BCUT2D eigenvalue weighted by molar-refractivity contribution is 5.78. The number of carbonyl (C=O) groups excluding carboxylic acids is 1. The van der Waals surface area contributed by atoms with Gasteiger partial charge in [0.05, 0.1) is 6.54 Å².